The maximum absolute atomic E-state index is 3.17. The number of hydrazine groups is 1. The SMILES string of the molecule is CC(C)CNNCC(C)C.Cl.Cl.N. The summed E-state index contributed by atoms with van der Waals surface area (Å²) in [6, 6.07) is 0. The van der Waals surface area contributed by atoms with Crippen molar-refractivity contribution >= 4 is 24.8 Å². The van der Waals surface area contributed by atoms with Gasteiger partial charge in [0.2, 0.25) is 0 Å². The first-order chi connectivity index (χ1) is 4.63. The van der Waals surface area contributed by atoms with Gasteiger partial charge in [0.25, 0.3) is 0 Å². The molecule has 0 saturated carbocycles. The second-order valence-corrected chi connectivity index (χ2v) is 3.55. The minimum atomic E-state index is 0. The second-order valence-electron chi connectivity index (χ2n) is 3.55. The Labute approximate surface area is 94.8 Å². The highest BCUT2D eigenvalue weighted by molar-refractivity contribution is 5.85. The average molecular weight is 234 g/mol. The lowest BCUT2D eigenvalue weighted by molar-refractivity contribution is 0.434. The van der Waals surface area contributed by atoms with Gasteiger partial charge in [-0.25, -0.2) is 0 Å². The molecule has 86 valence electrons. The molecule has 0 atom stereocenters. The van der Waals surface area contributed by atoms with Crippen molar-refractivity contribution in [1.82, 2.24) is 17.0 Å². The molecule has 0 aromatic heterocycles. The van der Waals surface area contributed by atoms with Crippen LogP contribution in [0.25, 0.3) is 0 Å². The molecule has 0 aliphatic heterocycles. The highest BCUT2D eigenvalue weighted by Crippen LogP contribution is 1.87. The van der Waals surface area contributed by atoms with Gasteiger partial charge in [0.15, 0.2) is 0 Å². The molecule has 0 aromatic carbocycles. The third-order valence-electron chi connectivity index (χ3n) is 1.15. The van der Waals surface area contributed by atoms with Crippen molar-refractivity contribution in [3.05, 3.63) is 0 Å². The molecule has 0 amide bonds. The lowest BCUT2D eigenvalue weighted by Gasteiger charge is -2.10. The van der Waals surface area contributed by atoms with Crippen molar-refractivity contribution in [2.45, 2.75) is 27.7 Å². The van der Waals surface area contributed by atoms with Gasteiger partial charge in [0.1, 0.15) is 0 Å². The van der Waals surface area contributed by atoms with E-state index >= 15 is 0 Å². The van der Waals surface area contributed by atoms with E-state index in [4.69, 9.17) is 0 Å². The Morgan fingerprint density at radius 2 is 1.00 bits per heavy atom. The average Bonchev–Trinajstić information content (AvgIpc) is 1.79. The van der Waals surface area contributed by atoms with E-state index in [0.717, 1.165) is 24.9 Å². The maximum Gasteiger partial charge on any atom is 0.0123 e. The minimum absolute atomic E-state index is 0. The van der Waals surface area contributed by atoms with Gasteiger partial charge in [-0.1, -0.05) is 27.7 Å². The van der Waals surface area contributed by atoms with Gasteiger partial charge >= 0.3 is 0 Å². The lowest BCUT2D eigenvalue weighted by Crippen LogP contribution is -2.36. The molecule has 0 saturated heterocycles. The van der Waals surface area contributed by atoms with Crippen LogP contribution < -0.4 is 17.0 Å². The van der Waals surface area contributed by atoms with Crippen LogP contribution in [-0.2, 0) is 0 Å². The fourth-order valence-corrected chi connectivity index (χ4v) is 0.553. The summed E-state index contributed by atoms with van der Waals surface area (Å²) >= 11 is 0. The van der Waals surface area contributed by atoms with Gasteiger partial charge in [-0.15, -0.1) is 24.8 Å². The lowest BCUT2D eigenvalue weighted by atomic mass is 10.2. The van der Waals surface area contributed by atoms with Crippen molar-refractivity contribution in [3.63, 3.8) is 0 Å². The largest absolute Gasteiger partial charge is 0.344 e. The van der Waals surface area contributed by atoms with Crippen molar-refractivity contribution in [1.29, 1.82) is 0 Å². The normalized spacial score (nSPS) is 8.77. The number of rotatable bonds is 5. The Hall–Kier alpha value is 0.460. The van der Waals surface area contributed by atoms with Gasteiger partial charge in [-0.3, -0.25) is 10.9 Å². The first-order valence-corrected chi connectivity index (χ1v) is 4.08. The first-order valence-electron chi connectivity index (χ1n) is 4.08. The highest BCUT2D eigenvalue weighted by atomic mass is 35.5. The van der Waals surface area contributed by atoms with Gasteiger partial charge in [-0.2, -0.15) is 0 Å². The fraction of sp³-hybridized carbons (Fsp3) is 1.00. The van der Waals surface area contributed by atoms with Crippen LogP contribution in [0.15, 0.2) is 0 Å². The van der Waals surface area contributed by atoms with Crippen LogP contribution in [0.2, 0.25) is 0 Å². The van der Waals surface area contributed by atoms with Crippen LogP contribution in [-0.4, -0.2) is 13.1 Å². The predicted octanol–water partition coefficient (Wildman–Crippen LogP) is 2.40. The standard InChI is InChI=1S/C8H20N2.2ClH.H3N/c1-7(2)5-9-10-6-8(3)4;;;/h7-10H,5-6H2,1-4H3;2*1H;1H3. The van der Waals surface area contributed by atoms with Gasteiger partial charge in [0.05, 0.1) is 0 Å². The van der Waals surface area contributed by atoms with Gasteiger partial charge in [0, 0.05) is 13.1 Å². The van der Waals surface area contributed by atoms with Crippen molar-refractivity contribution in [2.75, 3.05) is 13.1 Å². The highest BCUT2D eigenvalue weighted by Gasteiger charge is 1.93. The molecule has 0 spiro atoms. The van der Waals surface area contributed by atoms with Crippen LogP contribution in [0.1, 0.15) is 27.7 Å². The zero-order chi connectivity index (χ0) is 7.98. The molecule has 0 fully saturated rings. The molecule has 3 nitrogen and oxygen atoms in total. The van der Waals surface area contributed by atoms with Crippen molar-refractivity contribution in [3.8, 4) is 0 Å². The van der Waals surface area contributed by atoms with Crippen LogP contribution in [0.5, 0.6) is 0 Å². The monoisotopic (exact) mass is 233 g/mol. The fourth-order valence-electron chi connectivity index (χ4n) is 0.553. The third-order valence-corrected chi connectivity index (χ3v) is 1.15. The molecule has 0 rings (SSSR count). The first kappa shape index (κ1) is 23.4. The zero-order valence-electron chi connectivity index (χ0n) is 9.09. The third kappa shape index (κ3) is 24.5. The number of hydrogen-bond donors (Lipinski definition) is 3. The summed E-state index contributed by atoms with van der Waals surface area (Å²) in [5.41, 5.74) is 6.33. The summed E-state index contributed by atoms with van der Waals surface area (Å²) in [6.07, 6.45) is 0. The molecule has 13 heavy (non-hydrogen) atoms. The predicted molar refractivity (Wildman–Crippen MR) is 65.2 cm³/mol. The number of hydrogen-bond acceptors (Lipinski definition) is 3. The summed E-state index contributed by atoms with van der Waals surface area (Å²) in [4.78, 5) is 0. The molecule has 0 aromatic rings. The minimum Gasteiger partial charge on any atom is -0.344 e. The molecule has 0 bridgehead atoms. The molecule has 0 aliphatic rings. The van der Waals surface area contributed by atoms with E-state index in [1.807, 2.05) is 0 Å². The molecule has 5 heteroatoms. The van der Waals surface area contributed by atoms with E-state index in [2.05, 4.69) is 38.5 Å². The van der Waals surface area contributed by atoms with E-state index in [1.165, 1.54) is 0 Å². The topological polar surface area (TPSA) is 59.1 Å². The Balaban J connectivity index is -0.000000135. The Bertz CT molecular complexity index is 69.8. The van der Waals surface area contributed by atoms with Crippen molar-refractivity contribution in [2.24, 2.45) is 11.8 Å². The summed E-state index contributed by atoms with van der Waals surface area (Å²) in [5, 5.41) is 0. The van der Waals surface area contributed by atoms with Crippen LogP contribution in [0.4, 0.5) is 0 Å². The van der Waals surface area contributed by atoms with Crippen LogP contribution >= 0.6 is 24.8 Å². The summed E-state index contributed by atoms with van der Waals surface area (Å²) in [5.74, 6) is 1.44. The summed E-state index contributed by atoms with van der Waals surface area (Å²) < 4.78 is 0. The Kier molecular flexibility index (Phi) is 26.9. The van der Waals surface area contributed by atoms with Crippen LogP contribution in [0.3, 0.4) is 0 Å². The van der Waals surface area contributed by atoms with E-state index in [0.29, 0.717) is 0 Å². The second kappa shape index (κ2) is 15.0. The molecule has 5 N–H and O–H groups in total. The number of nitrogens with one attached hydrogen (secondary N) is 2. The van der Waals surface area contributed by atoms with E-state index in [-0.39, 0.29) is 31.0 Å². The summed E-state index contributed by atoms with van der Waals surface area (Å²) in [6.45, 7) is 10.9. The Morgan fingerprint density at radius 1 is 0.769 bits per heavy atom. The number of halogens is 2. The molecule has 0 heterocycles. The van der Waals surface area contributed by atoms with E-state index in [9.17, 15) is 0 Å². The summed E-state index contributed by atoms with van der Waals surface area (Å²) in [7, 11) is 0. The zero-order valence-corrected chi connectivity index (χ0v) is 10.7. The molecule has 0 unspecified atom stereocenters. The van der Waals surface area contributed by atoms with Crippen LogP contribution in [0, 0.1) is 11.8 Å². The maximum atomic E-state index is 3.17. The molecular formula is C8H25Cl2N3. The Morgan fingerprint density at radius 3 is 1.15 bits per heavy atom. The van der Waals surface area contributed by atoms with Gasteiger partial charge in [-0.05, 0) is 11.8 Å². The van der Waals surface area contributed by atoms with E-state index in [1.54, 1.807) is 0 Å². The smallest absolute Gasteiger partial charge is 0.0123 e. The molecular weight excluding hydrogens is 209 g/mol. The van der Waals surface area contributed by atoms with E-state index < -0.39 is 0 Å². The quantitative estimate of drug-likeness (QED) is 0.505. The molecule has 0 radical (unpaired) electrons. The molecule has 0 aliphatic carbocycles. The van der Waals surface area contributed by atoms with Crippen molar-refractivity contribution < 1.29 is 0 Å². The van der Waals surface area contributed by atoms with Gasteiger partial charge < -0.3 is 6.15 Å².